The molecule has 8 heteroatoms. The normalized spacial score (nSPS) is 19.4. The highest BCUT2D eigenvalue weighted by Crippen LogP contribution is 2.50. The molecule has 0 saturated heterocycles. The van der Waals surface area contributed by atoms with Crippen molar-refractivity contribution >= 4 is 17.7 Å². The van der Waals surface area contributed by atoms with Crippen molar-refractivity contribution in [2.45, 2.75) is 44.6 Å². The van der Waals surface area contributed by atoms with E-state index >= 15 is 0 Å². The number of anilines is 1. The number of hydrogen-bond acceptors (Lipinski definition) is 5. The van der Waals surface area contributed by atoms with E-state index in [-0.39, 0.29) is 0 Å². The summed E-state index contributed by atoms with van der Waals surface area (Å²) in [6, 6.07) is 11.9. The van der Waals surface area contributed by atoms with Gasteiger partial charge in [0.25, 0.3) is 0 Å². The van der Waals surface area contributed by atoms with Crippen molar-refractivity contribution in [3.05, 3.63) is 75.6 Å². The van der Waals surface area contributed by atoms with Gasteiger partial charge in [-0.2, -0.15) is 0 Å². The molecule has 2 atom stereocenters. The van der Waals surface area contributed by atoms with Gasteiger partial charge in [0.1, 0.15) is 11.4 Å². The average Bonchev–Trinajstić information content (AvgIpc) is 2.88. The molecular weight excluding hydrogens is 391 g/mol. The summed E-state index contributed by atoms with van der Waals surface area (Å²) in [7, 11) is 0. The number of hydrogen-bond donors (Lipinski definition) is 0. The first kappa shape index (κ1) is 21.4. The Morgan fingerprint density at radius 3 is 2.37 bits per heavy atom. The summed E-state index contributed by atoms with van der Waals surface area (Å²) in [6.45, 7) is 6.07. The number of carbonyl (C=O) groups excluding carboxylic acids is 2. The zero-order chi connectivity index (χ0) is 22.3. The molecule has 0 N–H and O–H groups in total. The van der Waals surface area contributed by atoms with Gasteiger partial charge in [0.2, 0.25) is 12.5 Å². The van der Waals surface area contributed by atoms with E-state index in [0.29, 0.717) is 16.8 Å². The number of halogens is 1. The molecule has 0 aliphatic carbocycles. The lowest BCUT2D eigenvalue weighted by molar-refractivity contribution is -0.484. The Balaban J connectivity index is 2.16. The molecule has 2 aromatic carbocycles. The average molecular weight is 414 g/mol. The van der Waals surface area contributed by atoms with Crippen LogP contribution in [0.5, 0.6) is 0 Å². The van der Waals surface area contributed by atoms with Gasteiger partial charge in [-0.15, -0.1) is 0 Å². The van der Waals surface area contributed by atoms with Gasteiger partial charge in [-0.1, -0.05) is 30.3 Å². The second-order valence-corrected chi connectivity index (χ2v) is 8.46. The molecule has 0 unspecified atom stereocenters. The Morgan fingerprint density at radius 1 is 1.20 bits per heavy atom. The molecule has 30 heavy (non-hydrogen) atoms. The maximum absolute atomic E-state index is 13.6. The molecule has 0 spiro atoms. The lowest BCUT2D eigenvalue weighted by Gasteiger charge is -2.31. The summed E-state index contributed by atoms with van der Waals surface area (Å²) in [4.78, 5) is 38.4. The number of nitro groups is 1. The Kier molecular flexibility index (Phi) is 5.36. The molecule has 0 aromatic heterocycles. The molecule has 7 nitrogen and oxygen atoms in total. The Hall–Kier alpha value is -3.29. The second kappa shape index (κ2) is 7.51. The lowest BCUT2D eigenvalue weighted by atomic mass is 9.69. The number of carbonyl (C=O) groups is 2. The number of benzene rings is 2. The maximum Gasteiger partial charge on any atom is 0.421 e. The number of ether oxygens (including phenoxy) is 1. The molecule has 0 bridgehead atoms. The number of rotatable bonds is 4. The van der Waals surface area contributed by atoms with Gasteiger partial charge < -0.3 is 4.74 Å². The minimum atomic E-state index is -1.42. The van der Waals surface area contributed by atoms with E-state index in [1.807, 2.05) is 0 Å². The van der Waals surface area contributed by atoms with Gasteiger partial charge in [-0.25, -0.2) is 14.1 Å². The van der Waals surface area contributed by atoms with Crippen LogP contribution in [0.4, 0.5) is 14.9 Å². The van der Waals surface area contributed by atoms with E-state index in [9.17, 15) is 24.1 Å². The molecule has 0 saturated carbocycles. The van der Waals surface area contributed by atoms with E-state index in [1.54, 1.807) is 52.0 Å². The highest BCUT2D eigenvalue weighted by molar-refractivity contribution is 6.21. The molecule has 1 aliphatic heterocycles. The number of imide groups is 1. The third-order valence-corrected chi connectivity index (χ3v) is 5.23. The Labute approximate surface area is 173 Å². The van der Waals surface area contributed by atoms with Crippen LogP contribution in [-0.4, -0.2) is 29.1 Å². The van der Waals surface area contributed by atoms with Crippen LogP contribution >= 0.6 is 0 Å². The molecule has 1 aliphatic rings. The van der Waals surface area contributed by atoms with Crippen molar-refractivity contribution in [2.75, 3.05) is 11.4 Å². The molecular formula is C22H23FN2O5. The van der Waals surface area contributed by atoms with Crippen LogP contribution in [0.2, 0.25) is 0 Å². The van der Waals surface area contributed by atoms with Crippen molar-refractivity contribution in [2.24, 2.45) is 0 Å². The standard InChI is InChI=1S/C22H23FN2O5/c1-21(2,3)30-20(27)25-18-8-6-5-7-16(18)22(4,19(25)26)17(13-24(28)29)14-9-11-15(23)12-10-14/h5-12,17H,13H2,1-4H3/t17-,22-/m1/s1. The quantitative estimate of drug-likeness (QED) is 0.545. The molecule has 3 rings (SSSR count). The van der Waals surface area contributed by atoms with E-state index in [2.05, 4.69) is 0 Å². The number of amides is 2. The van der Waals surface area contributed by atoms with Crippen LogP contribution in [0.1, 0.15) is 44.7 Å². The fraction of sp³-hybridized carbons (Fsp3) is 0.364. The minimum absolute atomic E-state index is 0.328. The van der Waals surface area contributed by atoms with E-state index in [0.717, 1.165) is 4.90 Å². The van der Waals surface area contributed by atoms with Crippen molar-refractivity contribution in [1.29, 1.82) is 0 Å². The highest BCUT2D eigenvalue weighted by atomic mass is 19.1. The smallest absolute Gasteiger partial charge is 0.421 e. The highest BCUT2D eigenvalue weighted by Gasteiger charge is 2.56. The summed E-state index contributed by atoms with van der Waals surface area (Å²) >= 11 is 0. The van der Waals surface area contributed by atoms with Crippen molar-refractivity contribution in [3.63, 3.8) is 0 Å². The van der Waals surface area contributed by atoms with Gasteiger partial charge in [0, 0.05) is 4.92 Å². The molecule has 2 amide bonds. The zero-order valence-electron chi connectivity index (χ0n) is 17.2. The summed E-state index contributed by atoms with van der Waals surface area (Å²) in [5.41, 5.74) is -1.00. The van der Waals surface area contributed by atoms with Crippen LogP contribution in [-0.2, 0) is 14.9 Å². The molecule has 2 aromatic rings. The van der Waals surface area contributed by atoms with Crippen LogP contribution in [0, 0.1) is 15.9 Å². The van der Waals surface area contributed by atoms with Crippen LogP contribution in [0.3, 0.4) is 0 Å². The van der Waals surface area contributed by atoms with Crippen LogP contribution in [0.25, 0.3) is 0 Å². The van der Waals surface area contributed by atoms with E-state index in [1.165, 1.54) is 24.3 Å². The van der Waals surface area contributed by atoms with Crippen LogP contribution < -0.4 is 4.90 Å². The number of fused-ring (bicyclic) bond motifs is 1. The predicted octanol–water partition coefficient (Wildman–Crippen LogP) is 4.43. The zero-order valence-corrected chi connectivity index (χ0v) is 17.2. The second-order valence-electron chi connectivity index (χ2n) is 8.46. The number of para-hydroxylation sites is 1. The first-order valence-corrected chi connectivity index (χ1v) is 9.49. The maximum atomic E-state index is 13.6. The molecule has 0 fully saturated rings. The lowest BCUT2D eigenvalue weighted by Crippen LogP contribution is -2.47. The Morgan fingerprint density at radius 2 is 1.80 bits per heavy atom. The largest absolute Gasteiger partial charge is 0.443 e. The summed E-state index contributed by atoms with van der Waals surface area (Å²) < 4.78 is 18.9. The monoisotopic (exact) mass is 414 g/mol. The topological polar surface area (TPSA) is 89.8 Å². The first-order valence-electron chi connectivity index (χ1n) is 9.49. The minimum Gasteiger partial charge on any atom is -0.443 e. The van der Waals surface area contributed by atoms with Gasteiger partial charge >= 0.3 is 6.09 Å². The fourth-order valence-corrected chi connectivity index (χ4v) is 3.86. The predicted molar refractivity (Wildman–Crippen MR) is 109 cm³/mol. The molecule has 1 heterocycles. The summed E-state index contributed by atoms with van der Waals surface area (Å²) in [5.74, 6) is -2.03. The number of nitrogens with zero attached hydrogens (tertiary/aromatic N) is 2. The van der Waals surface area contributed by atoms with E-state index in [4.69, 9.17) is 4.74 Å². The van der Waals surface area contributed by atoms with Gasteiger partial charge in [-0.05, 0) is 57.0 Å². The molecule has 158 valence electrons. The van der Waals surface area contributed by atoms with Gasteiger partial charge in [0.15, 0.2) is 0 Å². The third kappa shape index (κ3) is 3.77. The third-order valence-electron chi connectivity index (χ3n) is 5.23. The fourth-order valence-electron chi connectivity index (χ4n) is 3.86. The van der Waals surface area contributed by atoms with Gasteiger partial charge in [0.05, 0.1) is 17.0 Å². The van der Waals surface area contributed by atoms with Crippen molar-refractivity contribution < 1.29 is 23.6 Å². The Bertz CT molecular complexity index is 999. The first-order chi connectivity index (χ1) is 13.9. The van der Waals surface area contributed by atoms with Crippen LogP contribution in [0.15, 0.2) is 48.5 Å². The van der Waals surface area contributed by atoms with E-state index < -0.39 is 46.2 Å². The summed E-state index contributed by atoms with van der Waals surface area (Å²) in [5, 5.41) is 11.5. The van der Waals surface area contributed by atoms with Gasteiger partial charge in [-0.3, -0.25) is 14.9 Å². The SMILES string of the molecule is CC(C)(C)OC(=O)N1C(=O)[C@@](C)([C@H](C[N+](=O)[O-])c2ccc(F)cc2)c2ccccc21. The van der Waals surface area contributed by atoms with Crippen molar-refractivity contribution in [3.8, 4) is 0 Å². The summed E-state index contributed by atoms with van der Waals surface area (Å²) in [6.07, 6.45) is -0.845. The molecule has 0 radical (unpaired) electrons. The van der Waals surface area contributed by atoms with Crippen molar-refractivity contribution in [1.82, 2.24) is 0 Å².